The summed E-state index contributed by atoms with van der Waals surface area (Å²) in [5.41, 5.74) is 5.07. The van der Waals surface area contributed by atoms with E-state index in [-0.39, 0.29) is 5.91 Å². The number of fused-ring (bicyclic) bond motifs is 4. The predicted octanol–water partition coefficient (Wildman–Crippen LogP) is 1.72. The Bertz CT molecular complexity index is 1230. The first-order valence-electron chi connectivity index (χ1n) is 12.4. The van der Waals surface area contributed by atoms with Gasteiger partial charge in [0.05, 0.1) is 12.3 Å². The lowest BCUT2D eigenvalue weighted by molar-refractivity contribution is -0.157. The molecule has 196 valence electrons. The van der Waals surface area contributed by atoms with Crippen molar-refractivity contribution in [3.05, 3.63) is 60.1 Å². The van der Waals surface area contributed by atoms with Gasteiger partial charge in [-0.25, -0.2) is 5.43 Å². The predicted molar refractivity (Wildman–Crippen MR) is 139 cm³/mol. The first-order chi connectivity index (χ1) is 17.7. The topological polar surface area (TPSA) is 133 Å². The molecule has 1 aromatic heterocycles. The molecule has 0 unspecified atom stereocenters. The SMILES string of the molecule is C=C1C/C=C/c2cc3cc(ccc3cn2)[C@@H](C)OC(=O)[C@@H]2CCCN(N2)C(=O)[C@H](C)NC(=O)[C@H](CO)N1. The van der Waals surface area contributed by atoms with E-state index in [9.17, 15) is 19.5 Å². The Hall–Kier alpha value is -3.76. The average Bonchev–Trinajstić information content (AvgIpc) is 2.90. The van der Waals surface area contributed by atoms with Crippen molar-refractivity contribution in [2.45, 2.75) is 57.3 Å². The van der Waals surface area contributed by atoms with Crippen LogP contribution < -0.4 is 16.1 Å². The number of rotatable bonds is 1. The smallest absolute Gasteiger partial charge is 0.325 e. The van der Waals surface area contributed by atoms with Crippen molar-refractivity contribution in [1.29, 1.82) is 0 Å². The zero-order chi connectivity index (χ0) is 26.5. The number of aromatic nitrogens is 1. The molecule has 0 spiro atoms. The van der Waals surface area contributed by atoms with Gasteiger partial charge in [-0.2, -0.15) is 0 Å². The zero-order valence-electron chi connectivity index (χ0n) is 21.1. The van der Waals surface area contributed by atoms with Crippen LogP contribution in [0.2, 0.25) is 0 Å². The number of aliphatic hydroxyl groups is 1. The molecular formula is C27H33N5O5. The van der Waals surface area contributed by atoms with Gasteiger partial charge in [0.2, 0.25) is 5.91 Å². The molecule has 10 heteroatoms. The number of hydrogen-bond donors (Lipinski definition) is 4. The molecule has 10 nitrogen and oxygen atoms in total. The molecule has 0 aliphatic carbocycles. The monoisotopic (exact) mass is 507 g/mol. The highest BCUT2D eigenvalue weighted by Gasteiger charge is 2.33. The highest BCUT2D eigenvalue weighted by molar-refractivity contribution is 5.90. The second kappa shape index (κ2) is 11.5. The maximum absolute atomic E-state index is 13.0. The maximum Gasteiger partial charge on any atom is 0.325 e. The van der Waals surface area contributed by atoms with Gasteiger partial charge in [-0.3, -0.25) is 24.4 Å². The molecule has 1 aromatic carbocycles. The molecule has 0 radical (unpaired) electrons. The number of carbonyl (C=O) groups excluding carboxylic acids is 3. The van der Waals surface area contributed by atoms with E-state index < -0.39 is 42.7 Å². The molecule has 2 aliphatic heterocycles. The number of nitrogens with one attached hydrogen (secondary N) is 3. The van der Waals surface area contributed by atoms with E-state index in [1.165, 1.54) is 5.01 Å². The molecule has 4 N–H and O–H groups in total. The number of nitrogens with zero attached hydrogens (tertiary/aromatic N) is 2. The first kappa shape index (κ1) is 26.3. The minimum Gasteiger partial charge on any atom is -0.457 e. The molecule has 4 atom stereocenters. The quantitative estimate of drug-likeness (QED) is 0.429. The summed E-state index contributed by atoms with van der Waals surface area (Å²) in [5.74, 6) is -1.37. The van der Waals surface area contributed by atoms with Crippen LogP contribution in [0.25, 0.3) is 16.8 Å². The largest absolute Gasteiger partial charge is 0.457 e. The zero-order valence-corrected chi connectivity index (χ0v) is 21.1. The van der Waals surface area contributed by atoms with Gasteiger partial charge in [-0.1, -0.05) is 24.8 Å². The third-order valence-electron chi connectivity index (χ3n) is 6.53. The number of aliphatic hydroxyl groups excluding tert-OH is 1. The summed E-state index contributed by atoms with van der Waals surface area (Å²) in [5, 5.41) is 18.6. The third kappa shape index (κ3) is 6.33. The first-order valence-corrected chi connectivity index (χ1v) is 12.4. The average molecular weight is 508 g/mol. The number of ether oxygens (including phenoxy) is 1. The molecule has 4 rings (SSSR count). The number of amides is 2. The summed E-state index contributed by atoms with van der Waals surface area (Å²) in [6, 6.07) is 5.24. The van der Waals surface area contributed by atoms with E-state index in [1.54, 1.807) is 13.1 Å². The van der Waals surface area contributed by atoms with Crippen LogP contribution >= 0.6 is 0 Å². The van der Waals surface area contributed by atoms with Gasteiger partial charge in [0, 0.05) is 30.2 Å². The number of pyridine rings is 1. The van der Waals surface area contributed by atoms with Gasteiger partial charge in [-0.15, -0.1) is 0 Å². The van der Waals surface area contributed by atoms with Crippen molar-refractivity contribution >= 4 is 34.6 Å². The van der Waals surface area contributed by atoms with Crippen molar-refractivity contribution < 1.29 is 24.2 Å². The highest BCUT2D eigenvalue weighted by atomic mass is 16.5. The van der Waals surface area contributed by atoms with Crippen LogP contribution in [0.3, 0.4) is 0 Å². The van der Waals surface area contributed by atoms with Crippen LogP contribution in [0.1, 0.15) is 50.5 Å². The van der Waals surface area contributed by atoms with Crippen molar-refractivity contribution in [1.82, 2.24) is 26.1 Å². The van der Waals surface area contributed by atoms with Gasteiger partial charge in [0.15, 0.2) is 0 Å². The van der Waals surface area contributed by atoms with Crippen molar-refractivity contribution in [2.24, 2.45) is 0 Å². The number of esters is 1. The lowest BCUT2D eigenvalue weighted by atomic mass is 10.0. The van der Waals surface area contributed by atoms with Crippen molar-refractivity contribution in [3.8, 4) is 0 Å². The van der Waals surface area contributed by atoms with E-state index in [0.717, 1.165) is 22.0 Å². The number of hydrazine groups is 1. The second-order valence-electron chi connectivity index (χ2n) is 9.43. The molecule has 2 amide bonds. The molecule has 2 aromatic rings. The number of allylic oxidation sites excluding steroid dienone is 1. The molecule has 1 saturated heterocycles. The summed E-state index contributed by atoms with van der Waals surface area (Å²) in [6.45, 7) is 7.24. The van der Waals surface area contributed by atoms with Gasteiger partial charge < -0.3 is 20.5 Å². The summed E-state index contributed by atoms with van der Waals surface area (Å²) in [7, 11) is 0. The number of cyclic esters (lactones) is 1. The fraction of sp³-hybridized carbons (Fsp3) is 0.407. The van der Waals surface area contributed by atoms with E-state index in [4.69, 9.17) is 4.74 Å². The van der Waals surface area contributed by atoms with E-state index >= 15 is 0 Å². The van der Waals surface area contributed by atoms with Crippen molar-refractivity contribution in [3.63, 3.8) is 0 Å². The van der Waals surface area contributed by atoms with Crippen LogP contribution in [0.5, 0.6) is 0 Å². The van der Waals surface area contributed by atoms with Crippen LogP contribution in [-0.2, 0) is 19.1 Å². The van der Waals surface area contributed by atoms with Gasteiger partial charge >= 0.3 is 5.97 Å². The molecule has 3 heterocycles. The Morgan fingerprint density at radius 2 is 1.97 bits per heavy atom. The summed E-state index contributed by atoms with van der Waals surface area (Å²) >= 11 is 0. The lowest BCUT2D eigenvalue weighted by Gasteiger charge is -2.35. The normalized spacial score (nSPS) is 26.8. The third-order valence-corrected chi connectivity index (χ3v) is 6.53. The Morgan fingerprint density at radius 3 is 2.76 bits per heavy atom. The second-order valence-corrected chi connectivity index (χ2v) is 9.43. The molecule has 1 fully saturated rings. The molecule has 0 saturated carbocycles. The molecule has 37 heavy (non-hydrogen) atoms. The van der Waals surface area contributed by atoms with Crippen LogP contribution in [0, 0.1) is 0 Å². The number of hydrogen-bond acceptors (Lipinski definition) is 8. The Balaban J connectivity index is 1.63. The van der Waals surface area contributed by atoms with Crippen LogP contribution in [0.15, 0.2) is 48.8 Å². The molecular weight excluding hydrogens is 474 g/mol. The van der Waals surface area contributed by atoms with E-state index in [2.05, 4.69) is 27.6 Å². The minimum atomic E-state index is -0.971. The van der Waals surface area contributed by atoms with E-state index in [0.29, 0.717) is 31.5 Å². The minimum absolute atomic E-state index is 0.388. The van der Waals surface area contributed by atoms with Crippen LogP contribution in [0.4, 0.5) is 0 Å². The standard InChI is InChI=1S/C27H33N5O5/c1-16-6-4-7-22-13-21-12-19(9-10-20(21)14-28-22)18(3)37-27(36)23-8-5-11-32(31-23)26(35)17(2)30-25(34)24(15-33)29-16/h4,7,9-10,12-14,17-18,23-24,29,31,33H,1,5-6,8,11,15H2,2-3H3,(H,30,34)/b7-4+/t17-,18+,23-,24-/m0/s1. The Morgan fingerprint density at radius 1 is 1.16 bits per heavy atom. The van der Waals surface area contributed by atoms with Gasteiger partial charge in [0.1, 0.15) is 24.2 Å². The van der Waals surface area contributed by atoms with Crippen LogP contribution in [-0.4, -0.2) is 64.2 Å². The molecule has 5 bridgehead atoms. The molecule has 2 aliphatic rings. The Kier molecular flexibility index (Phi) is 8.20. The fourth-order valence-corrected chi connectivity index (χ4v) is 4.39. The summed E-state index contributed by atoms with van der Waals surface area (Å²) < 4.78 is 5.75. The summed E-state index contributed by atoms with van der Waals surface area (Å²) in [4.78, 5) is 43.1. The summed E-state index contributed by atoms with van der Waals surface area (Å²) in [6.07, 6.45) is 6.53. The lowest BCUT2D eigenvalue weighted by Crippen LogP contribution is -2.60. The fourth-order valence-electron chi connectivity index (χ4n) is 4.39. The van der Waals surface area contributed by atoms with Crippen molar-refractivity contribution in [2.75, 3.05) is 13.2 Å². The number of carbonyl (C=O) groups is 3. The highest BCUT2D eigenvalue weighted by Crippen LogP contribution is 2.24. The van der Waals surface area contributed by atoms with Gasteiger partial charge in [0.25, 0.3) is 5.91 Å². The van der Waals surface area contributed by atoms with Gasteiger partial charge in [-0.05, 0) is 55.8 Å². The van der Waals surface area contributed by atoms with E-state index in [1.807, 2.05) is 43.3 Å². The number of benzene rings is 1. The maximum atomic E-state index is 13.0. The Labute approximate surface area is 215 Å².